The largest absolute Gasteiger partial charge is 0.494 e. The van der Waals surface area contributed by atoms with Crippen LogP contribution in [0.15, 0.2) is 102 Å². The molecule has 4 N–H and O–H groups in total. The van der Waals surface area contributed by atoms with E-state index in [2.05, 4.69) is 4.98 Å². The van der Waals surface area contributed by atoms with Crippen LogP contribution in [0.25, 0.3) is 10.9 Å². The highest BCUT2D eigenvalue weighted by atomic mass is 35.5. The summed E-state index contributed by atoms with van der Waals surface area (Å²) >= 11 is 6.21. The van der Waals surface area contributed by atoms with E-state index in [4.69, 9.17) is 27.1 Å². The van der Waals surface area contributed by atoms with Gasteiger partial charge in [0.05, 0.1) is 28.0 Å². The number of nitrogens with one attached hydrogen (secondary N) is 1. The van der Waals surface area contributed by atoms with Crippen molar-refractivity contribution < 1.29 is 14.6 Å². The smallest absolute Gasteiger partial charge is 0.246 e. The first-order valence-corrected chi connectivity index (χ1v) is 13.5. The van der Waals surface area contributed by atoms with E-state index in [0.29, 0.717) is 45.5 Å². The number of amides is 1. The highest BCUT2D eigenvalue weighted by Gasteiger charge is 2.26. The molecule has 4 aromatic carbocycles. The SMILES string of the molecule is CN(C(=O)C(C)(C)N)c1ccc(N=C(c2ccc(OCc3ccccc3)cc2)c2c(O)[nH]c3cc(Cl)ccc23)cc1. The van der Waals surface area contributed by atoms with Gasteiger partial charge in [0.2, 0.25) is 5.91 Å². The van der Waals surface area contributed by atoms with Crippen LogP contribution in [0.5, 0.6) is 11.6 Å². The summed E-state index contributed by atoms with van der Waals surface area (Å²) in [7, 11) is 1.69. The average molecular weight is 567 g/mol. The molecule has 0 spiro atoms. The molecule has 0 saturated carbocycles. The lowest BCUT2D eigenvalue weighted by Crippen LogP contribution is -2.49. The molecule has 0 radical (unpaired) electrons. The van der Waals surface area contributed by atoms with Crippen molar-refractivity contribution in [2.75, 3.05) is 11.9 Å². The predicted octanol–water partition coefficient (Wildman–Crippen LogP) is 6.98. The standard InChI is InChI=1S/C33H31ClN4O3/c1-33(2,35)32(40)38(3)25-14-12-24(13-15-25)36-30(29-27-18-11-23(34)19-28(27)37-31(29)39)22-9-16-26(17-10-22)41-20-21-7-5-4-6-8-21/h4-19,37,39H,20,35H2,1-3H3. The molecule has 0 bridgehead atoms. The summed E-state index contributed by atoms with van der Waals surface area (Å²) in [4.78, 5) is 22.1. The Hall–Kier alpha value is -4.59. The van der Waals surface area contributed by atoms with Crippen molar-refractivity contribution in [2.24, 2.45) is 10.7 Å². The van der Waals surface area contributed by atoms with E-state index >= 15 is 0 Å². The van der Waals surface area contributed by atoms with Gasteiger partial charge in [0, 0.05) is 28.7 Å². The predicted molar refractivity (Wildman–Crippen MR) is 166 cm³/mol. The summed E-state index contributed by atoms with van der Waals surface area (Å²) in [5.74, 6) is 0.496. The third-order valence-corrected chi connectivity index (χ3v) is 6.92. The lowest BCUT2D eigenvalue weighted by atomic mass is 10.0. The van der Waals surface area contributed by atoms with Gasteiger partial charge in [0.25, 0.3) is 0 Å². The number of ether oxygens (including phenoxy) is 1. The summed E-state index contributed by atoms with van der Waals surface area (Å²) < 4.78 is 5.97. The van der Waals surface area contributed by atoms with E-state index in [1.54, 1.807) is 33.0 Å². The van der Waals surface area contributed by atoms with Crippen molar-refractivity contribution in [1.29, 1.82) is 0 Å². The second-order valence-corrected chi connectivity index (χ2v) is 10.8. The van der Waals surface area contributed by atoms with Gasteiger partial charge in [-0.15, -0.1) is 0 Å². The Bertz CT molecular complexity index is 1700. The number of carbonyl (C=O) groups excluding carboxylic acids is 1. The van der Waals surface area contributed by atoms with Crippen LogP contribution in [0.1, 0.15) is 30.5 Å². The lowest BCUT2D eigenvalue weighted by Gasteiger charge is -2.25. The fraction of sp³-hybridized carbons (Fsp3) is 0.152. The van der Waals surface area contributed by atoms with E-state index in [1.807, 2.05) is 84.9 Å². The maximum atomic E-state index is 12.6. The van der Waals surface area contributed by atoms with Gasteiger partial charge in [-0.05, 0) is 80.1 Å². The molecule has 0 unspecified atom stereocenters. The normalized spacial score (nSPS) is 12.0. The Morgan fingerprint density at radius 1 is 1.00 bits per heavy atom. The third-order valence-electron chi connectivity index (χ3n) is 6.69. The number of nitrogens with zero attached hydrogens (tertiary/aromatic N) is 2. The third kappa shape index (κ3) is 6.27. The Balaban J connectivity index is 1.51. The summed E-state index contributed by atoms with van der Waals surface area (Å²) in [5, 5.41) is 12.3. The number of anilines is 1. The molecule has 1 heterocycles. The molecule has 5 rings (SSSR count). The Kier molecular flexibility index (Phi) is 7.83. The molecule has 5 aromatic rings. The van der Waals surface area contributed by atoms with Crippen LogP contribution in [0.4, 0.5) is 11.4 Å². The average Bonchev–Trinajstić information content (AvgIpc) is 3.29. The molecule has 0 atom stereocenters. The minimum Gasteiger partial charge on any atom is -0.494 e. The Morgan fingerprint density at radius 2 is 1.68 bits per heavy atom. The highest BCUT2D eigenvalue weighted by molar-refractivity contribution is 6.31. The maximum Gasteiger partial charge on any atom is 0.246 e. The number of aliphatic imine (C=N–C) groups is 1. The number of likely N-dealkylation sites (N-methyl/N-ethyl adjacent to an activating group) is 1. The number of hydrogen-bond acceptors (Lipinski definition) is 5. The van der Waals surface area contributed by atoms with Crippen molar-refractivity contribution in [1.82, 2.24) is 4.98 Å². The van der Waals surface area contributed by atoms with E-state index in [1.165, 1.54) is 4.90 Å². The number of aromatic amines is 1. The minimum atomic E-state index is -0.995. The Morgan fingerprint density at radius 3 is 2.34 bits per heavy atom. The number of carbonyl (C=O) groups is 1. The molecular formula is C33H31ClN4O3. The van der Waals surface area contributed by atoms with E-state index in [9.17, 15) is 9.90 Å². The van der Waals surface area contributed by atoms with Gasteiger partial charge < -0.3 is 25.5 Å². The summed E-state index contributed by atoms with van der Waals surface area (Å²) in [5.41, 5.74) is 10.0. The highest BCUT2D eigenvalue weighted by Crippen LogP contribution is 2.33. The number of hydrogen-bond donors (Lipinski definition) is 3. The second-order valence-electron chi connectivity index (χ2n) is 10.4. The number of aromatic hydroxyl groups is 1. The first-order chi connectivity index (χ1) is 19.6. The quantitative estimate of drug-likeness (QED) is 0.176. The number of halogens is 1. The zero-order valence-corrected chi connectivity index (χ0v) is 23.8. The molecule has 1 amide bonds. The molecule has 0 saturated heterocycles. The van der Waals surface area contributed by atoms with Crippen LogP contribution in [0.3, 0.4) is 0 Å². The molecule has 1 aromatic heterocycles. The van der Waals surface area contributed by atoms with Crippen LogP contribution >= 0.6 is 11.6 Å². The molecule has 0 aliphatic rings. The first-order valence-electron chi connectivity index (χ1n) is 13.1. The zero-order chi connectivity index (χ0) is 29.1. The van der Waals surface area contributed by atoms with Crippen LogP contribution < -0.4 is 15.4 Å². The zero-order valence-electron chi connectivity index (χ0n) is 23.1. The molecule has 208 valence electrons. The van der Waals surface area contributed by atoms with Crippen molar-refractivity contribution in [3.8, 4) is 11.6 Å². The van der Waals surface area contributed by atoms with E-state index in [0.717, 1.165) is 16.5 Å². The van der Waals surface area contributed by atoms with Gasteiger partial charge >= 0.3 is 0 Å². The molecule has 0 aliphatic carbocycles. The van der Waals surface area contributed by atoms with Crippen molar-refractivity contribution in [3.05, 3.63) is 119 Å². The summed E-state index contributed by atoms with van der Waals surface area (Å²) in [6.07, 6.45) is 0. The van der Waals surface area contributed by atoms with Crippen LogP contribution in [-0.2, 0) is 11.4 Å². The number of benzene rings is 4. The molecule has 8 heteroatoms. The van der Waals surface area contributed by atoms with Crippen molar-refractivity contribution in [2.45, 2.75) is 26.0 Å². The molecular weight excluding hydrogens is 536 g/mol. The number of rotatable bonds is 8. The van der Waals surface area contributed by atoms with Crippen molar-refractivity contribution >= 4 is 45.5 Å². The maximum absolute atomic E-state index is 12.6. The van der Waals surface area contributed by atoms with Gasteiger partial charge in [-0.1, -0.05) is 48.0 Å². The first kappa shape index (κ1) is 28.0. The fourth-order valence-corrected chi connectivity index (χ4v) is 4.71. The van der Waals surface area contributed by atoms with E-state index < -0.39 is 5.54 Å². The van der Waals surface area contributed by atoms with Gasteiger partial charge in [0.15, 0.2) is 5.88 Å². The second kappa shape index (κ2) is 11.5. The van der Waals surface area contributed by atoms with Gasteiger partial charge in [-0.3, -0.25) is 4.79 Å². The summed E-state index contributed by atoms with van der Waals surface area (Å²) in [6, 6.07) is 30.2. The molecule has 7 nitrogen and oxygen atoms in total. The fourth-order valence-electron chi connectivity index (χ4n) is 4.54. The number of fused-ring (bicyclic) bond motifs is 1. The monoisotopic (exact) mass is 566 g/mol. The Labute approximate surface area is 243 Å². The van der Waals surface area contributed by atoms with Crippen LogP contribution in [0, 0.1) is 0 Å². The van der Waals surface area contributed by atoms with Crippen LogP contribution in [0.2, 0.25) is 5.02 Å². The van der Waals surface area contributed by atoms with Gasteiger partial charge in [0.1, 0.15) is 12.4 Å². The summed E-state index contributed by atoms with van der Waals surface area (Å²) in [6.45, 7) is 3.81. The van der Waals surface area contributed by atoms with Crippen molar-refractivity contribution in [3.63, 3.8) is 0 Å². The topological polar surface area (TPSA) is 104 Å². The lowest BCUT2D eigenvalue weighted by molar-refractivity contribution is -0.122. The van der Waals surface area contributed by atoms with Crippen LogP contribution in [-0.4, -0.2) is 34.3 Å². The number of nitrogens with two attached hydrogens (primary N) is 1. The molecule has 0 fully saturated rings. The van der Waals surface area contributed by atoms with E-state index in [-0.39, 0.29) is 11.8 Å². The molecule has 41 heavy (non-hydrogen) atoms. The van der Waals surface area contributed by atoms with Gasteiger partial charge in [-0.25, -0.2) is 4.99 Å². The van der Waals surface area contributed by atoms with Gasteiger partial charge in [-0.2, -0.15) is 0 Å². The number of aromatic nitrogens is 1. The number of H-pyrrole nitrogens is 1. The minimum absolute atomic E-state index is 0.0162. The molecule has 0 aliphatic heterocycles.